The van der Waals surface area contributed by atoms with Crippen molar-refractivity contribution >= 4 is 11.1 Å². The fourth-order valence-electron chi connectivity index (χ4n) is 6.11. The third-order valence-corrected chi connectivity index (χ3v) is 7.56. The first-order valence-electron chi connectivity index (χ1n) is 11.9. The standard InChI is InChI=1S/C29H36O2/c1-4-5-6-8-15-23-20-25-26(30)18-19-29(25,28(23)22-13-9-7-10-14-22)21(2)24-16-11-12-17-27(24)31-3/h7,9-14,16-17,25-26,30H,2,4-6,8,15,18-20H2,1,3H3/t25-,26+,29-/m0/s1. The molecule has 0 radical (unpaired) electrons. The summed E-state index contributed by atoms with van der Waals surface area (Å²) in [7, 11) is 1.73. The summed E-state index contributed by atoms with van der Waals surface area (Å²) in [5.74, 6) is 1.06. The molecule has 0 aliphatic heterocycles. The van der Waals surface area contributed by atoms with E-state index in [1.807, 2.05) is 12.1 Å². The first kappa shape index (κ1) is 21.9. The molecule has 1 N–H and O–H groups in total. The average Bonchev–Trinajstić information content (AvgIpc) is 3.31. The lowest BCUT2D eigenvalue weighted by Crippen LogP contribution is -2.29. The van der Waals surface area contributed by atoms with Gasteiger partial charge in [-0.15, -0.1) is 0 Å². The number of benzene rings is 2. The van der Waals surface area contributed by atoms with Crippen LogP contribution in [0.25, 0.3) is 11.1 Å². The van der Waals surface area contributed by atoms with Crippen molar-refractivity contribution in [1.29, 1.82) is 0 Å². The first-order chi connectivity index (χ1) is 15.1. The number of fused-ring (bicyclic) bond motifs is 1. The zero-order valence-corrected chi connectivity index (χ0v) is 19.1. The lowest BCUT2D eigenvalue weighted by Gasteiger charge is -2.37. The Morgan fingerprint density at radius 2 is 1.81 bits per heavy atom. The van der Waals surface area contributed by atoms with E-state index in [9.17, 15) is 5.11 Å². The van der Waals surface area contributed by atoms with Crippen LogP contribution >= 0.6 is 0 Å². The van der Waals surface area contributed by atoms with Gasteiger partial charge in [0.05, 0.1) is 13.2 Å². The summed E-state index contributed by atoms with van der Waals surface area (Å²) in [5, 5.41) is 11.1. The van der Waals surface area contributed by atoms with Gasteiger partial charge in [0.15, 0.2) is 0 Å². The van der Waals surface area contributed by atoms with Gasteiger partial charge in [0.2, 0.25) is 0 Å². The number of para-hydroxylation sites is 1. The van der Waals surface area contributed by atoms with Gasteiger partial charge in [-0.25, -0.2) is 0 Å². The molecule has 0 spiro atoms. The van der Waals surface area contributed by atoms with Crippen LogP contribution < -0.4 is 4.74 Å². The van der Waals surface area contributed by atoms with Crippen LogP contribution in [0.3, 0.4) is 0 Å². The summed E-state index contributed by atoms with van der Waals surface area (Å²) in [5.41, 5.74) is 6.21. The summed E-state index contributed by atoms with van der Waals surface area (Å²) < 4.78 is 5.72. The normalized spacial score (nSPS) is 25.0. The fourth-order valence-corrected chi connectivity index (χ4v) is 6.11. The minimum atomic E-state index is -0.279. The maximum atomic E-state index is 11.1. The molecular formula is C29H36O2. The third kappa shape index (κ3) is 3.87. The van der Waals surface area contributed by atoms with Crippen molar-refractivity contribution in [2.75, 3.05) is 7.11 Å². The van der Waals surface area contributed by atoms with Crippen LogP contribution in [0, 0.1) is 11.3 Å². The summed E-state index contributed by atoms with van der Waals surface area (Å²) in [6.07, 6.45) is 8.63. The first-order valence-corrected chi connectivity index (χ1v) is 11.9. The van der Waals surface area contributed by atoms with Gasteiger partial charge in [0.1, 0.15) is 5.75 Å². The fraction of sp³-hybridized carbons (Fsp3) is 0.448. The highest BCUT2D eigenvalue weighted by molar-refractivity contribution is 5.91. The van der Waals surface area contributed by atoms with E-state index in [0.717, 1.165) is 42.6 Å². The van der Waals surface area contributed by atoms with Crippen molar-refractivity contribution in [3.05, 3.63) is 77.9 Å². The molecule has 0 bridgehead atoms. The molecule has 2 aromatic carbocycles. The molecule has 2 aromatic rings. The van der Waals surface area contributed by atoms with Crippen LogP contribution in [0.5, 0.6) is 5.75 Å². The van der Waals surface area contributed by atoms with Gasteiger partial charge in [-0.2, -0.15) is 0 Å². The second kappa shape index (κ2) is 9.44. The van der Waals surface area contributed by atoms with Gasteiger partial charge in [-0.05, 0) is 54.9 Å². The molecule has 0 heterocycles. The van der Waals surface area contributed by atoms with Crippen molar-refractivity contribution in [2.24, 2.45) is 11.3 Å². The molecule has 4 rings (SSSR count). The topological polar surface area (TPSA) is 29.5 Å². The molecule has 1 saturated carbocycles. The molecule has 3 atom stereocenters. The van der Waals surface area contributed by atoms with E-state index in [0.29, 0.717) is 0 Å². The Hall–Kier alpha value is -2.32. The zero-order valence-electron chi connectivity index (χ0n) is 19.1. The largest absolute Gasteiger partial charge is 0.496 e. The highest BCUT2D eigenvalue weighted by Crippen LogP contribution is 2.66. The molecule has 0 unspecified atom stereocenters. The van der Waals surface area contributed by atoms with E-state index in [1.165, 1.54) is 42.4 Å². The summed E-state index contributed by atoms with van der Waals surface area (Å²) in [6, 6.07) is 19.1. The van der Waals surface area contributed by atoms with E-state index in [2.05, 4.69) is 56.0 Å². The van der Waals surface area contributed by atoms with Crippen molar-refractivity contribution < 1.29 is 9.84 Å². The quantitative estimate of drug-likeness (QED) is 0.435. The highest BCUT2D eigenvalue weighted by atomic mass is 16.5. The van der Waals surface area contributed by atoms with Gasteiger partial charge in [0.25, 0.3) is 0 Å². The summed E-state index contributed by atoms with van der Waals surface area (Å²) in [4.78, 5) is 0. The zero-order chi connectivity index (χ0) is 21.8. The van der Waals surface area contributed by atoms with E-state index in [1.54, 1.807) is 7.11 Å². The van der Waals surface area contributed by atoms with Crippen LogP contribution in [0.4, 0.5) is 0 Å². The van der Waals surface area contributed by atoms with E-state index in [4.69, 9.17) is 4.74 Å². The molecule has 2 aliphatic rings. The Kier molecular flexibility index (Phi) is 6.67. The number of ether oxygens (including phenoxy) is 1. The molecule has 2 heteroatoms. The number of unbranched alkanes of at least 4 members (excludes halogenated alkanes) is 3. The van der Waals surface area contributed by atoms with Gasteiger partial charge in [0, 0.05) is 16.9 Å². The lowest BCUT2D eigenvalue weighted by molar-refractivity contribution is 0.119. The Labute approximate surface area is 187 Å². The number of methoxy groups -OCH3 is 1. The minimum Gasteiger partial charge on any atom is -0.496 e. The monoisotopic (exact) mass is 416 g/mol. The van der Waals surface area contributed by atoms with Crippen LogP contribution in [-0.4, -0.2) is 18.3 Å². The maximum Gasteiger partial charge on any atom is 0.126 e. The van der Waals surface area contributed by atoms with Gasteiger partial charge >= 0.3 is 0 Å². The van der Waals surface area contributed by atoms with Gasteiger partial charge < -0.3 is 9.84 Å². The Morgan fingerprint density at radius 1 is 1.06 bits per heavy atom. The molecule has 0 aromatic heterocycles. The second-order valence-electron chi connectivity index (χ2n) is 9.22. The Bertz CT molecular complexity index is 942. The lowest BCUT2D eigenvalue weighted by atomic mass is 9.66. The van der Waals surface area contributed by atoms with Crippen molar-refractivity contribution in [3.8, 4) is 5.75 Å². The van der Waals surface area contributed by atoms with Crippen molar-refractivity contribution in [2.45, 2.75) is 64.4 Å². The van der Waals surface area contributed by atoms with Crippen molar-refractivity contribution in [3.63, 3.8) is 0 Å². The van der Waals surface area contributed by atoms with Crippen LogP contribution in [0.15, 0.2) is 66.7 Å². The molecule has 1 fully saturated rings. The van der Waals surface area contributed by atoms with E-state index in [-0.39, 0.29) is 17.4 Å². The average molecular weight is 417 g/mol. The highest BCUT2D eigenvalue weighted by Gasteiger charge is 2.56. The Morgan fingerprint density at radius 3 is 2.55 bits per heavy atom. The van der Waals surface area contributed by atoms with Gasteiger partial charge in [-0.1, -0.05) is 86.9 Å². The number of allylic oxidation sites excluding steroid dienone is 3. The number of aliphatic hydroxyl groups is 1. The van der Waals surface area contributed by atoms with Crippen LogP contribution in [-0.2, 0) is 0 Å². The van der Waals surface area contributed by atoms with Crippen LogP contribution in [0.1, 0.15) is 69.4 Å². The molecule has 2 aliphatic carbocycles. The SMILES string of the molecule is C=C(c1ccccc1OC)[C@@]12CC[C@@H](O)[C@@H]1CC(CCCCCC)=C2c1ccccc1. The minimum absolute atomic E-state index is 0.196. The second-order valence-corrected chi connectivity index (χ2v) is 9.22. The molecule has 31 heavy (non-hydrogen) atoms. The number of hydrogen-bond acceptors (Lipinski definition) is 2. The molecule has 0 saturated heterocycles. The maximum absolute atomic E-state index is 11.1. The number of hydrogen-bond donors (Lipinski definition) is 1. The smallest absolute Gasteiger partial charge is 0.126 e. The predicted octanol–water partition coefficient (Wildman–Crippen LogP) is 7.29. The third-order valence-electron chi connectivity index (χ3n) is 7.56. The molecule has 2 nitrogen and oxygen atoms in total. The summed E-state index contributed by atoms with van der Waals surface area (Å²) >= 11 is 0. The van der Waals surface area contributed by atoms with Crippen molar-refractivity contribution in [1.82, 2.24) is 0 Å². The Balaban J connectivity index is 1.83. The summed E-state index contributed by atoms with van der Waals surface area (Å²) in [6.45, 7) is 6.94. The van der Waals surface area contributed by atoms with E-state index < -0.39 is 0 Å². The molecular weight excluding hydrogens is 380 g/mol. The van der Waals surface area contributed by atoms with E-state index >= 15 is 0 Å². The van der Waals surface area contributed by atoms with Crippen LogP contribution in [0.2, 0.25) is 0 Å². The number of rotatable bonds is 9. The predicted molar refractivity (Wildman–Crippen MR) is 130 cm³/mol. The van der Waals surface area contributed by atoms with Gasteiger partial charge in [-0.3, -0.25) is 0 Å². The number of aliphatic hydroxyl groups excluding tert-OH is 1. The molecule has 164 valence electrons. The molecule has 0 amide bonds.